The predicted octanol–water partition coefficient (Wildman–Crippen LogP) is 5.35. The van der Waals surface area contributed by atoms with Crippen molar-refractivity contribution in [1.29, 1.82) is 0 Å². The van der Waals surface area contributed by atoms with Crippen molar-refractivity contribution >= 4 is 14.4 Å². The van der Waals surface area contributed by atoms with Gasteiger partial charge in [-0.2, -0.15) is 0 Å². The number of rotatable bonds is 5. The van der Waals surface area contributed by atoms with Crippen molar-refractivity contribution in [3.63, 3.8) is 0 Å². The third-order valence-corrected chi connectivity index (χ3v) is 6.07. The van der Waals surface area contributed by atoms with Crippen LogP contribution in [0, 0.1) is 5.92 Å². The van der Waals surface area contributed by atoms with Crippen molar-refractivity contribution in [2.45, 2.75) is 71.4 Å². The highest BCUT2D eigenvalue weighted by molar-refractivity contribution is 6.69. The molecular formula is C22H35NO5Si. The highest BCUT2D eigenvalue weighted by Crippen LogP contribution is 2.39. The molecule has 2 heterocycles. The largest absolute Gasteiger partial charge is 0.454 e. The fourth-order valence-electron chi connectivity index (χ4n) is 3.77. The third-order valence-electron chi connectivity index (χ3n) is 5.08. The van der Waals surface area contributed by atoms with Gasteiger partial charge in [0.1, 0.15) is 5.60 Å². The van der Waals surface area contributed by atoms with Crippen LogP contribution in [0.5, 0.6) is 11.5 Å². The third kappa shape index (κ3) is 6.37. The minimum absolute atomic E-state index is 0.0363. The quantitative estimate of drug-likeness (QED) is 0.600. The van der Waals surface area contributed by atoms with Crippen molar-refractivity contribution in [2.75, 3.05) is 19.9 Å². The number of fused-ring (bicyclic) bond motifs is 1. The molecule has 29 heavy (non-hydrogen) atoms. The summed E-state index contributed by atoms with van der Waals surface area (Å²) in [4.78, 5) is 14.1. The highest BCUT2D eigenvalue weighted by atomic mass is 28.4. The smallest absolute Gasteiger partial charge is 0.410 e. The summed E-state index contributed by atoms with van der Waals surface area (Å²) in [5, 5.41) is 0. The van der Waals surface area contributed by atoms with Gasteiger partial charge in [0, 0.05) is 13.1 Å². The molecule has 0 spiro atoms. The van der Waals surface area contributed by atoms with Gasteiger partial charge in [-0.05, 0) is 83.3 Å². The van der Waals surface area contributed by atoms with E-state index in [0.29, 0.717) is 5.92 Å². The summed E-state index contributed by atoms with van der Waals surface area (Å²) in [6.07, 6.45) is 2.72. The summed E-state index contributed by atoms with van der Waals surface area (Å²) in [5.41, 5.74) is 0.690. The zero-order valence-corrected chi connectivity index (χ0v) is 19.6. The molecule has 0 radical (unpaired) electrons. The number of piperidine rings is 1. The van der Waals surface area contributed by atoms with E-state index in [0.717, 1.165) is 49.4 Å². The number of hydrogen-bond acceptors (Lipinski definition) is 5. The summed E-state index contributed by atoms with van der Waals surface area (Å²) in [6.45, 7) is 14.1. The minimum Gasteiger partial charge on any atom is -0.454 e. The second kappa shape index (κ2) is 8.56. The second-order valence-corrected chi connectivity index (χ2v) is 14.4. The van der Waals surface area contributed by atoms with Crippen molar-refractivity contribution in [1.82, 2.24) is 4.90 Å². The minimum atomic E-state index is -1.73. The lowest BCUT2D eigenvalue weighted by molar-refractivity contribution is 0.0164. The molecule has 0 saturated carbocycles. The zero-order chi connectivity index (χ0) is 21.2. The predicted molar refractivity (Wildman–Crippen MR) is 115 cm³/mol. The maximum Gasteiger partial charge on any atom is 0.410 e. The lowest BCUT2D eigenvalue weighted by atomic mass is 9.89. The maximum absolute atomic E-state index is 12.3. The molecule has 0 aliphatic carbocycles. The van der Waals surface area contributed by atoms with E-state index in [9.17, 15) is 4.79 Å². The normalized spacial score (nSPS) is 18.6. The Morgan fingerprint density at radius 2 is 1.83 bits per heavy atom. The molecule has 162 valence electrons. The van der Waals surface area contributed by atoms with Crippen LogP contribution in [0.25, 0.3) is 0 Å². The lowest BCUT2D eigenvalue weighted by Gasteiger charge is -2.36. The average molecular weight is 422 g/mol. The van der Waals surface area contributed by atoms with Crippen LogP contribution in [0.2, 0.25) is 19.6 Å². The Bertz CT molecular complexity index is 717. The summed E-state index contributed by atoms with van der Waals surface area (Å²) in [5.74, 6) is 2.11. The Kier molecular flexibility index (Phi) is 6.48. The van der Waals surface area contributed by atoms with Gasteiger partial charge in [-0.15, -0.1) is 0 Å². The van der Waals surface area contributed by atoms with Gasteiger partial charge in [-0.1, -0.05) is 6.07 Å². The molecule has 1 atom stereocenters. The fourth-order valence-corrected chi connectivity index (χ4v) is 4.86. The van der Waals surface area contributed by atoms with Crippen LogP contribution in [-0.4, -0.2) is 44.8 Å². The average Bonchev–Trinajstić information content (AvgIpc) is 3.07. The molecule has 1 unspecified atom stereocenters. The Balaban J connectivity index is 1.63. The highest BCUT2D eigenvalue weighted by Gasteiger charge is 2.31. The second-order valence-electron chi connectivity index (χ2n) is 9.98. The van der Waals surface area contributed by atoms with E-state index in [4.69, 9.17) is 18.6 Å². The topological polar surface area (TPSA) is 57.2 Å². The molecule has 1 amide bonds. The Hall–Kier alpha value is -1.73. The van der Waals surface area contributed by atoms with Gasteiger partial charge in [-0.3, -0.25) is 0 Å². The molecule has 0 bridgehead atoms. The molecule has 1 fully saturated rings. The number of nitrogens with zero attached hydrogens (tertiary/aromatic N) is 1. The number of ether oxygens (including phenoxy) is 3. The van der Waals surface area contributed by atoms with Crippen molar-refractivity contribution in [3.8, 4) is 11.5 Å². The number of carbonyl (C=O) groups excluding carboxylic acids is 1. The number of benzene rings is 1. The number of likely N-dealkylation sites (tertiary alicyclic amines) is 1. The standard InChI is InChI=1S/C22H35NO5Si/c1-22(2,3)27-21(24)23-11-9-16(10-12-23)13-19(28-29(4,5)6)17-7-8-18-20(14-17)26-15-25-18/h7-8,14,16,19H,9-13,15H2,1-6H3. The van der Waals surface area contributed by atoms with E-state index in [1.54, 1.807) is 0 Å². The Morgan fingerprint density at radius 1 is 1.17 bits per heavy atom. The molecule has 0 aromatic heterocycles. The van der Waals surface area contributed by atoms with Gasteiger partial charge in [0.2, 0.25) is 6.79 Å². The summed E-state index contributed by atoms with van der Waals surface area (Å²) < 4.78 is 23.1. The van der Waals surface area contributed by atoms with Gasteiger partial charge in [-0.25, -0.2) is 4.79 Å². The van der Waals surface area contributed by atoms with Crippen LogP contribution in [0.15, 0.2) is 18.2 Å². The van der Waals surface area contributed by atoms with E-state index < -0.39 is 13.9 Å². The number of amides is 1. The first kappa shape index (κ1) is 22.0. The Morgan fingerprint density at radius 3 is 2.45 bits per heavy atom. The lowest BCUT2D eigenvalue weighted by Crippen LogP contribution is -2.42. The molecule has 0 N–H and O–H groups in total. The summed E-state index contributed by atoms with van der Waals surface area (Å²) in [7, 11) is -1.73. The van der Waals surface area contributed by atoms with E-state index in [-0.39, 0.29) is 19.0 Å². The Labute approximate surface area is 175 Å². The molecule has 7 heteroatoms. The van der Waals surface area contributed by atoms with Crippen LogP contribution >= 0.6 is 0 Å². The summed E-state index contributed by atoms with van der Waals surface area (Å²) in [6, 6.07) is 6.13. The van der Waals surface area contributed by atoms with Crippen LogP contribution in [0.4, 0.5) is 4.79 Å². The SMILES string of the molecule is CC(C)(C)OC(=O)N1CCC(CC(O[Si](C)(C)C)c2ccc3c(c2)OCO3)CC1. The van der Waals surface area contributed by atoms with Crippen molar-refractivity contribution < 1.29 is 23.4 Å². The molecule has 2 aliphatic rings. The maximum atomic E-state index is 12.3. The molecule has 1 aromatic rings. The van der Waals surface area contributed by atoms with E-state index in [1.807, 2.05) is 31.7 Å². The number of hydrogen-bond donors (Lipinski definition) is 0. The summed E-state index contributed by atoms with van der Waals surface area (Å²) >= 11 is 0. The monoisotopic (exact) mass is 421 g/mol. The van der Waals surface area contributed by atoms with E-state index in [1.165, 1.54) is 0 Å². The van der Waals surface area contributed by atoms with Crippen molar-refractivity contribution in [3.05, 3.63) is 23.8 Å². The van der Waals surface area contributed by atoms with Crippen LogP contribution in [-0.2, 0) is 9.16 Å². The first-order valence-corrected chi connectivity index (χ1v) is 14.0. The first-order valence-electron chi connectivity index (χ1n) is 10.6. The molecular weight excluding hydrogens is 386 g/mol. The fraction of sp³-hybridized carbons (Fsp3) is 0.682. The van der Waals surface area contributed by atoms with Gasteiger partial charge in [0.05, 0.1) is 6.10 Å². The molecule has 1 aromatic carbocycles. The van der Waals surface area contributed by atoms with Crippen LogP contribution < -0.4 is 9.47 Å². The molecule has 6 nitrogen and oxygen atoms in total. The van der Waals surface area contributed by atoms with Crippen LogP contribution in [0.3, 0.4) is 0 Å². The first-order chi connectivity index (χ1) is 13.5. The molecule has 3 rings (SSSR count). The van der Waals surface area contributed by atoms with Gasteiger partial charge >= 0.3 is 6.09 Å². The van der Waals surface area contributed by atoms with Crippen molar-refractivity contribution in [2.24, 2.45) is 5.92 Å². The van der Waals surface area contributed by atoms with E-state index >= 15 is 0 Å². The molecule has 1 saturated heterocycles. The van der Waals surface area contributed by atoms with Gasteiger partial charge < -0.3 is 23.5 Å². The molecule has 2 aliphatic heterocycles. The number of carbonyl (C=O) groups is 1. The zero-order valence-electron chi connectivity index (χ0n) is 18.6. The van der Waals surface area contributed by atoms with Gasteiger partial charge in [0.15, 0.2) is 19.8 Å². The van der Waals surface area contributed by atoms with E-state index in [2.05, 4.69) is 31.8 Å². The van der Waals surface area contributed by atoms with Gasteiger partial charge in [0.25, 0.3) is 0 Å². The van der Waals surface area contributed by atoms with Crippen LogP contribution in [0.1, 0.15) is 51.7 Å².